The maximum Gasteiger partial charge on any atom is 0.410 e. The average molecular weight is 375 g/mol. The molecule has 0 bridgehead atoms. The summed E-state index contributed by atoms with van der Waals surface area (Å²) in [5.41, 5.74) is 2.14. The molecule has 0 unspecified atom stereocenters. The third-order valence-electron chi connectivity index (χ3n) is 5.66. The number of benzene rings is 1. The second-order valence-corrected chi connectivity index (χ2v) is 8.24. The SMILES string of the molecule is CSc1ccc2c(c1)CCN(C(=O)CN1CC3(CCNCC3)OC1=O)C2. The van der Waals surface area contributed by atoms with Gasteiger partial charge < -0.3 is 15.0 Å². The molecule has 3 aliphatic rings. The van der Waals surface area contributed by atoms with Gasteiger partial charge in [-0.05, 0) is 49.0 Å². The summed E-state index contributed by atoms with van der Waals surface area (Å²) in [4.78, 5) is 29.7. The van der Waals surface area contributed by atoms with E-state index in [1.807, 2.05) is 4.90 Å². The Hall–Kier alpha value is -1.73. The summed E-state index contributed by atoms with van der Waals surface area (Å²) < 4.78 is 5.65. The van der Waals surface area contributed by atoms with Crippen molar-refractivity contribution in [2.24, 2.45) is 0 Å². The molecule has 2 fully saturated rings. The van der Waals surface area contributed by atoms with E-state index in [-0.39, 0.29) is 18.5 Å². The molecule has 2 amide bonds. The molecule has 0 atom stereocenters. The third-order valence-corrected chi connectivity index (χ3v) is 6.39. The Balaban J connectivity index is 1.38. The zero-order valence-corrected chi connectivity index (χ0v) is 15.9. The first kappa shape index (κ1) is 17.7. The maximum atomic E-state index is 12.8. The van der Waals surface area contributed by atoms with Crippen LogP contribution in [0.2, 0.25) is 0 Å². The van der Waals surface area contributed by atoms with E-state index in [2.05, 4.69) is 29.8 Å². The lowest BCUT2D eigenvalue weighted by Crippen LogP contribution is -2.46. The van der Waals surface area contributed by atoms with Crippen molar-refractivity contribution in [1.29, 1.82) is 0 Å². The van der Waals surface area contributed by atoms with Crippen LogP contribution in [0.4, 0.5) is 4.79 Å². The van der Waals surface area contributed by atoms with Crippen LogP contribution in [0.15, 0.2) is 23.1 Å². The molecule has 140 valence electrons. The number of hydrogen-bond donors (Lipinski definition) is 1. The second-order valence-electron chi connectivity index (χ2n) is 7.36. The van der Waals surface area contributed by atoms with Crippen molar-refractivity contribution in [2.75, 3.05) is 39.0 Å². The molecule has 3 aliphatic heterocycles. The molecule has 4 rings (SSSR count). The van der Waals surface area contributed by atoms with Crippen molar-refractivity contribution < 1.29 is 14.3 Å². The van der Waals surface area contributed by atoms with Crippen LogP contribution < -0.4 is 5.32 Å². The van der Waals surface area contributed by atoms with Crippen LogP contribution in [-0.2, 0) is 22.5 Å². The molecule has 6 nitrogen and oxygen atoms in total. The van der Waals surface area contributed by atoms with Crippen molar-refractivity contribution >= 4 is 23.8 Å². The Labute approximate surface area is 158 Å². The Morgan fingerprint density at radius 1 is 1.31 bits per heavy atom. The number of thioether (sulfide) groups is 1. The lowest BCUT2D eigenvalue weighted by Gasteiger charge is -2.32. The summed E-state index contributed by atoms with van der Waals surface area (Å²) in [6.07, 6.45) is 4.24. The van der Waals surface area contributed by atoms with Crippen LogP contribution in [0.5, 0.6) is 0 Å². The van der Waals surface area contributed by atoms with Crippen LogP contribution in [-0.4, -0.2) is 66.4 Å². The van der Waals surface area contributed by atoms with Crippen molar-refractivity contribution in [3.63, 3.8) is 0 Å². The van der Waals surface area contributed by atoms with Gasteiger partial charge in [-0.1, -0.05) is 6.07 Å². The van der Waals surface area contributed by atoms with Gasteiger partial charge in [0.2, 0.25) is 5.91 Å². The first-order valence-electron chi connectivity index (χ1n) is 9.21. The van der Waals surface area contributed by atoms with E-state index in [0.717, 1.165) is 32.4 Å². The van der Waals surface area contributed by atoms with Crippen LogP contribution in [0, 0.1) is 0 Å². The van der Waals surface area contributed by atoms with Crippen molar-refractivity contribution in [3.8, 4) is 0 Å². The van der Waals surface area contributed by atoms with Crippen LogP contribution >= 0.6 is 11.8 Å². The monoisotopic (exact) mass is 375 g/mol. The zero-order valence-electron chi connectivity index (χ0n) is 15.1. The Morgan fingerprint density at radius 2 is 2.12 bits per heavy atom. The highest BCUT2D eigenvalue weighted by Gasteiger charge is 2.46. The molecule has 1 aromatic carbocycles. The Morgan fingerprint density at radius 3 is 2.88 bits per heavy atom. The molecular weight excluding hydrogens is 350 g/mol. The Bertz CT molecular complexity index is 718. The molecule has 1 spiro atoms. The number of carbonyl (C=O) groups excluding carboxylic acids is 2. The minimum Gasteiger partial charge on any atom is -0.441 e. The third kappa shape index (κ3) is 3.42. The van der Waals surface area contributed by atoms with E-state index >= 15 is 0 Å². The number of nitrogens with zero attached hydrogens (tertiary/aromatic N) is 2. The van der Waals surface area contributed by atoms with Gasteiger partial charge >= 0.3 is 6.09 Å². The normalized spacial score (nSPS) is 21.7. The highest BCUT2D eigenvalue weighted by molar-refractivity contribution is 7.98. The second kappa shape index (κ2) is 7.12. The standard InChI is InChI=1S/C19H25N3O3S/c1-26-16-3-2-15-11-21(9-4-14(15)10-16)17(23)12-22-13-19(25-18(22)24)5-7-20-8-6-19/h2-3,10,20H,4-9,11-13H2,1H3. The first-order valence-corrected chi connectivity index (χ1v) is 10.4. The number of piperidine rings is 1. The van der Waals surface area contributed by atoms with E-state index in [9.17, 15) is 9.59 Å². The fourth-order valence-corrected chi connectivity index (χ4v) is 4.55. The molecule has 1 N–H and O–H groups in total. The van der Waals surface area contributed by atoms with Gasteiger partial charge in [-0.15, -0.1) is 11.8 Å². The summed E-state index contributed by atoms with van der Waals surface area (Å²) in [5, 5.41) is 3.29. The molecule has 2 saturated heterocycles. The van der Waals surface area contributed by atoms with Gasteiger partial charge in [0.05, 0.1) is 6.54 Å². The van der Waals surface area contributed by atoms with Crippen molar-refractivity contribution in [1.82, 2.24) is 15.1 Å². The number of rotatable bonds is 3. The molecule has 26 heavy (non-hydrogen) atoms. The smallest absolute Gasteiger partial charge is 0.410 e. The highest BCUT2D eigenvalue weighted by Crippen LogP contribution is 2.31. The number of amides is 2. The predicted octanol–water partition coefficient (Wildman–Crippen LogP) is 1.87. The van der Waals surface area contributed by atoms with E-state index in [1.165, 1.54) is 16.0 Å². The molecule has 3 heterocycles. The van der Waals surface area contributed by atoms with E-state index < -0.39 is 5.60 Å². The summed E-state index contributed by atoms with van der Waals surface area (Å²) in [7, 11) is 0. The lowest BCUT2D eigenvalue weighted by molar-refractivity contribution is -0.132. The number of nitrogens with one attached hydrogen (secondary N) is 1. The molecule has 0 saturated carbocycles. The average Bonchev–Trinajstić information content (AvgIpc) is 2.95. The zero-order chi connectivity index (χ0) is 18.1. The highest BCUT2D eigenvalue weighted by atomic mass is 32.2. The Kier molecular flexibility index (Phi) is 4.84. The summed E-state index contributed by atoms with van der Waals surface area (Å²) >= 11 is 1.74. The van der Waals surface area contributed by atoms with Gasteiger partial charge in [0.15, 0.2) is 0 Å². The maximum absolute atomic E-state index is 12.8. The quantitative estimate of drug-likeness (QED) is 0.818. The molecule has 0 aromatic heterocycles. The minimum atomic E-state index is -0.397. The van der Waals surface area contributed by atoms with Crippen molar-refractivity contribution in [2.45, 2.75) is 36.3 Å². The van der Waals surface area contributed by atoms with E-state index in [4.69, 9.17) is 4.74 Å². The first-order chi connectivity index (χ1) is 12.6. The van der Waals surface area contributed by atoms with Crippen LogP contribution in [0.1, 0.15) is 24.0 Å². The summed E-state index contributed by atoms with van der Waals surface area (Å²) in [5.74, 6) is 0.00697. The topological polar surface area (TPSA) is 61.9 Å². The molecule has 1 aromatic rings. The van der Waals surface area contributed by atoms with E-state index in [0.29, 0.717) is 19.6 Å². The fraction of sp³-hybridized carbons (Fsp3) is 0.579. The molecule has 0 radical (unpaired) electrons. The fourth-order valence-electron chi connectivity index (χ4n) is 4.09. The number of fused-ring (bicyclic) bond motifs is 1. The van der Waals surface area contributed by atoms with Gasteiger partial charge in [-0.25, -0.2) is 4.79 Å². The molecular formula is C19H25N3O3S. The van der Waals surface area contributed by atoms with Gasteiger partial charge in [0, 0.05) is 30.8 Å². The lowest BCUT2D eigenvalue weighted by atomic mass is 9.92. The largest absolute Gasteiger partial charge is 0.441 e. The minimum absolute atomic E-state index is 0.00697. The number of ether oxygens (including phenoxy) is 1. The van der Waals surface area contributed by atoms with Crippen LogP contribution in [0.3, 0.4) is 0 Å². The predicted molar refractivity (Wildman–Crippen MR) is 100 cm³/mol. The summed E-state index contributed by atoms with van der Waals surface area (Å²) in [6.45, 7) is 3.70. The van der Waals surface area contributed by atoms with Gasteiger partial charge in [-0.2, -0.15) is 0 Å². The van der Waals surface area contributed by atoms with Crippen LogP contribution in [0.25, 0.3) is 0 Å². The van der Waals surface area contributed by atoms with Gasteiger partial charge in [-0.3, -0.25) is 9.69 Å². The molecule has 0 aliphatic carbocycles. The van der Waals surface area contributed by atoms with Crippen molar-refractivity contribution in [3.05, 3.63) is 29.3 Å². The molecule has 7 heteroatoms. The number of carbonyl (C=O) groups is 2. The van der Waals surface area contributed by atoms with Gasteiger partial charge in [0.1, 0.15) is 12.1 Å². The van der Waals surface area contributed by atoms with Gasteiger partial charge in [0.25, 0.3) is 0 Å². The number of hydrogen-bond acceptors (Lipinski definition) is 5. The summed E-state index contributed by atoms with van der Waals surface area (Å²) in [6, 6.07) is 6.45. The van der Waals surface area contributed by atoms with E-state index in [1.54, 1.807) is 16.7 Å².